The lowest BCUT2D eigenvalue weighted by Crippen LogP contribution is -2.47. The van der Waals surface area contributed by atoms with Gasteiger partial charge in [0.05, 0.1) is 0 Å². The largest absolute Gasteiger partial charge is 0.319 e. The average molecular weight is 252 g/mol. The first-order valence-electron chi connectivity index (χ1n) is 8.15. The maximum absolute atomic E-state index is 3.47. The Labute approximate surface area is 114 Å². The topological polar surface area (TPSA) is 15.3 Å². The highest BCUT2D eigenvalue weighted by molar-refractivity contribution is 4.88. The first-order chi connectivity index (χ1) is 8.78. The van der Waals surface area contributed by atoms with Gasteiger partial charge in [-0.3, -0.25) is 0 Å². The third kappa shape index (κ3) is 3.71. The molecule has 1 atom stereocenters. The maximum Gasteiger partial charge on any atom is 0.00503 e. The summed E-state index contributed by atoms with van der Waals surface area (Å²) in [6, 6.07) is 0. The number of likely N-dealkylation sites (tertiary alicyclic amines) is 1. The number of rotatable bonds is 5. The number of piperidine rings is 1. The van der Waals surface area contributed by atoms with Crippen molar-refractivity contribution in [1.29, 1.82) is 0 Å². The van der Waals surface area contributed by atoms with Gasteiger partial charge in [-0.1, -0.05) is 32.6 Å². The molecule has 0 spiro atoms. The minimum Gasteiger partial charge on any atom is -0.319 e. The summed E-state index contributed by atoms with van der Waals surface area (Å²) in [6.45, 7) is 7.65. The molecule has 1 N–H and O–H groups in total. The van der Waals surface area contributed by atoms with Gasteiger partial charge in [0.15, 0.2) is 0 Å². The molecule has 1 saturated carbocycles. The molecule has 2 aliphatic rings. The van der Waals surface area contributed by atoms with Crippen LogP contribution >= 0.6 is 0 Å². The van der Waals surface area contributed by atoms with E-state index >= 15 is 0 Å². The Morgan fingerprint density at radius 1 is 1.17 bits per heavy atom. The summed E-state index contributed by atoms with van der Waals surface area (Å²) in [5, 5.41) is 3.47. The molecule has 18 heavy (non-hydrogen) atoms. The van der Waals surface area contributed by atoms with E-state index in [4.69, 9.17) is 0 Å². The number of hydrogen-bond acceptors (Lipinski definition) is 2. The molecule has 1 aliphatic heterocycles. The monoisotopic (exact) mass is 252 g/mol. The van der Waals surface area contributed by atoms with Crippen LogP contribution in [0.15, 0.2) is 0 Å². The van der Waals surface area contributed by atoms with Crippen molar-refractivity contribution in [3.63, 3.8) is 0 Å². The predicted molar refractivity (Wildman–Crippen MR) is 78.9 cm³/mol. The Balaban J connectivity index is 1.91. The van der Waals surface area contributed by atoms with Crippen LogP contribution in [0, 0.1) is 11.3 Å². The van der Waals surface area contributed by atoms with E-state index in [1.54, 1.807) is 0 Å². The van der Waals surface area contributed by atoms with Crippen LogP contribution in [0.1, 0.15) is 58.3 Å². The molecular weight excluding hydrogens is 220 g/mol. The Kier molecular flexibility index (Phi) is 5.50. The van der Waals surface area contributed by atoms with Gasteiger partial charge in [0.2, 0.25) is 0 Å². The van der Waals surface area contributed by atoms with Crippen LogP contribution < -0.4 is 5.32 Å². The minimum absolute atomic E-state index is 0.586. The molecule has 2 heteroatoms. The number of nitrogens with zero attached hydrogens (tertiary/aromatic N) is 1. The van der Waals surface area contributed by atoms with Gasteiger partial charge >= 0.3 is 0 Å². The molecule has 0 bridgehead atoms. The van der Waals surface area contributed by atoms with Crippen molar-refractivity contribution >= 4 is 0 Å². The third-order valence-corrected chi connectivity index (χ3v) is 5.21. The quantitative estimate of drug-likeness (QED) is 0.808. The highest BCUT2D eigenvalue weighted by Gasteiger charge is 2.34. The first kappa shape index (κ1) is 14.3. The van der Waals surface area contributed by atoms with Crippen molar-refractivity contribution < 1.29 is 0 Å². The van der Waals surface area contributed by atoms with Crippen molar-refractivity contribution in [2.45, 2.75) is 58.3 Å². The normalized spacial score (nSPS) is 29.3. The SMILES string of the molecule is CCC1CCCN(CC2(CNC)CCCCC2)C1. The van der Waals surface area contributed by atoms with Gasteiger partial charge in [0.25, 0.3) is 0 Å². The zero-order chi connectivity index (χ0) is 12.8. The zero-order valence-corrected chi connectivity index (χ0v) is 12.5. The van der Waals surface area contributed by atoms with Gasteiger partial charge in [-0.2, -0.15) is 0 Å². The van der Waals surface area contributed by atoms with Crippen LogP contribution in [0.3, 0.4) is 0 Å². The van der Waals surface area contributed by atoms with E-state index in [1.807, 2.05) is 0 Å². The summed E-state index contributed by atoms with van der Waals surface area (Å²) in [5.41, 5.74) is 0.586. The fraction of sp³-hybridized carbons (Fsp3) is 1.00. The van der Waals surface area contributed by atoms with Crippen LogP contribution in [-0.4, -0.2) is 38.1 Å². The third-order valence-electron chi connectivity index (χ3n) is 5.21. The molecule has 2 rings (SSSR count). The van der Waals surface area contributed by atoms with Gasteiger partial charge in [0, 0.05) is 19.6 Å². The molecule has 1 saturated heterocycles. The average Bonchev–Trinajstić information content (AvgIpc) is 2.40. The van der Waals surface area contributed by atoms with Crippen molar-refractivity contribution in [3.05, 3.63) is 0 Å². The Bertz CT molecular complexity index is 228. The summed E-state index contributed by atoms with van der Waals surface area (Å²) in [6.07, 6.45) is 11.5. The number of nitrogens with one attached hydrogen (secondary N) is 1. The summed E-state index contributed by atoms with van der Waals surface area (Å²) in [5.74, 6) is 0.967. The first-order valence-corrected chi connectivity index (χ1v) is 8.15. The van der Waals surface area contributed by atoms with Gasteiger partial charge in [-0.05, 0) is 50.6 Å². The van der Waals surface area contributed by atoms with Gasteiger partial charge in [-0.25, -0.2) is 0 Å². The number of hydrogen-bond donors (Lipinski definition) is 1. The molecular formula is C16H32N2. The molecule has 0 aromatic heterocycles. The lowest BCUT2D eigenvalue weighted by Gasteiger charge is -2.43. The fourth-order valence-corrected chi connectivity index (χ4v) is 4.17. The second-order valence-electron chi connectivity index (χ2n) is 6.74. The highest BCUT2D eigenvalue weighted by atomic mass is 15.1. The molecule has 2 nitrogen and oxygen atoms in total. The zero-order valence-electron chi connectivity index (χ0n) is 12.5. The van der Waals surface area contributed by atoms with E-state index < -0.39 is 0 Å². The molecule has 106 valence electrons. The summed E-state index contributed by atoms with van der Waals surface area (Å²) < 4.78 is 0. The van der Waals surface area contributed by atoms with Crippen molar-refractivity contribution in [2.75, 3.05) is 33.2 Å². The Morgan fingerprint density at radius 3 is 2.61 bits per heavy atom. The van der Waals surface area contributed by atoms with Crippen LogP contribution in [-0.2, 0) is 0 Å². The molecule has 1 heterocycles. The Morgan fingerprint density at radius 2 is 1.94 bits per heavy atom. The van der Waals surface area contributed by atoms with Crippen LogP contribution in [0.5, 0.6) is 0 Å². The maximum atomic E-state index is 3.47. The fourth-order valence-electron chi connectivity index (χ4n) is 4.17. The second-order valence-corrected chi connectivity index (χ2v) is 6.74. The van der Waals surface area contributed by atoms with Crippen LogP contribution in [0.25, 0.3) is 0 Å². The summed E-state index contributed by atoms with van der Waals surface area (Å²) >= 11 is 0. The Hall–Kier alpha value is -0.0800. The van der Waals surface area contributed by atoms with E-state index in [1.165, 1.54) is 77.5 Å². The van der Waals surface area contributed by atoms with Gasteiger partial charge in [-0.15, -0.1) is 0 Å². The molecule has 0 radical (unpaired) electrons. The molecule has 1 unspecified atom stereocenters. The van der Waals surface area contributed by atoms with E-state index in [0.717, 1.165) is 5.92 Å². The highest BCUT2D eigenvalue weighted by Crippen LogP contribution is 2.37. The van der Waals surface area contributed by atoms with Crippen molar-refractivity contribution in [1.82, 2.24) is 10.2 Å². The van der Waals surface area contributed by atoms with Gasteiger partial charge < -0.3 is 10.2 Å². The van der Waals surface area contributed by atoms with E-state index in [9.17, 15) is 0 Å². The van der Waals surface area contributed by atoms with Crippen molar-refractivity contribution in [3.8, 4) is 0 Å². The molecule has 0 amide bonds. The summed E-state index contributed by atoms with van der Waals surface area (Å²) in [4.78, 5) is 2.78. The van der Waals surface area contributed by atoms with Crippen LogP contribution in [0.2, 0.25) is 0 Å². The lowest BCUT2D eigenvalue weighted by atomic mass is 9.73. The molecule has 2 fully saturated rings. The summed E-state index contributed by atoms with van der Waals surface area (Å²) in [7, 11) is 2.13. The molecule has 1 aliphatic carbocycles. The van der Waals surface area contributed by atoms with Crippen LogP contribution in [0.4, 0.5) is 0 Å². The predicted octanol–water partition coefficient (Wildman–Crippen LogP) is 3.28. The lowest BCUT2D eigenvalue weighted by molar-refractivity contribution is 0.0733. The minimum atomic E-state index is 0.586. The van der Waals surface area contributed by atoms with E-state index in [0.29, 0.717) is 5.41 Å². The standard InChI is InChI=1S/C16H32N2/c1-3-15-8-7-11-18(12-15)14-16(13-17-2)9-5-4-6-10-16/h15,17H,3-14H2,1-2H3. The second kappa shape index (κ2) is 6.91. The van der Waals surface area contributed by atoms with Crippen molar-refractivity contribution in [2.24, 2.45) is 11.3 Å². The smallest absolute Gasteiger partial charge is 0.00503 e. The van der Waals surface area contributed by atoms with E-state index in [2.05, 4.69) is 24.2 Å². The van der Waals surface area contributed by atoms with E-state index in [-0.39, 0.29) is 0 Å². The molecule has 0 aromatic rings. The van der Waals surface area contributed by atoms with Gasteiger partial charge in [0.1, 0.15) is 0 Å². The molecule has 0 aromatic carbocycles.